The van der Waals surface area contributed by atoms with Gasteiger partial charge >= 0.3 is 0 Å². The smallest absolute Gasteiger partial charge is 0.173 e. The second-order valence-electron chi connectivity index (χ2n) is 7.72. The van der Waals surface area contributed by atoms with E-state index in [1.165, 1.54) is 25.9 Å². The Morgan fingerprint density at radius 3 is 2.79 bits per heavy atom. The molecule has 0 spiro atoms. The average Bonchev–Trinajstić information content (AvgIpc) is 3.19. The fraction of sp³-hybridized carbons (Fsp3) is 0.500. The van der Waals surface area contributed by atoms with E-state index >= 15 is 0 Å². The molecule has 1 saturated heterocycles. The number of rotatable bonds is 7. The van der Waals surface area contributed by atoms with Crippen molar-refractivity contribution in [2.45, 2.75) is 39.7 Å². The highest BCUT2D eigenvalue weighted by atomic mass is 35.5. The van der Waals surface area contributed by atoms with Crippen molar-refractivity contribution in [2.75, 3.05) is 31.5 Å². The summed E-state index contributed by atoms with van der Waals surface area (Å²) in [4.78, 5) is 4.75. The van der Waals surface area contributed by atoms with Gasteiger partial charge in [0.1, 0.15) is 5.76 Å². The number of piperidine rings is 1. The normalized spacial score (nSPS) is 15.5. The van der Waals surface area contributed by atoms with E-state index in [4.69, 9.17) is 28.2 Å². The molecule has 1 aromatic carbocycles. The fourth-order valence-corrected chi connectivity index (χ4v) is 3.99. The van der Waals surface area contributed by atoms with Gasteiger partial charge in [0.25, 0.3) is 0 Å². The van der Waals surface area contributed by atoms with E-state index in [-0.39, 0.29) is 0 Å². The maximum Gasteiger partial charge on any atom is 0.173 e. The molecule has 1 N–H and O–H groups in total. The highest BCUT2D eigenvalue weighted by molar-refractivity contribution is 7.80. The van der Waals surface area contributed by atoms with Gasteiger partial charge in [0.05, 0.1) is 12.8 Å². The molecule has 0 saturated carbocycles. The third-order valence-electron chi connectivity index (χ3n) is 5.50. The summed E-state index contributed by atoms with van der Waals surface area (Å²) in [5.41, 5.74) is 1.96. The van der Waals surface area contributed by atoms with Crippen LogP contribution in [0.1, 0.15) is 37.5 Å². The summed E-state index contributed by atoms with van der Waals surface area (Å²) in [6, 6.07) is 9.75. The van der Waals surface area contributed by atoms with E-state index in [0.29, 0.717) is 11.7 Å². The Hall–Kier alpha value is -1.56. The molecule has 28 heavy (non-hydrogen) atoms. The average molecular weight is 420 g/mol. The highest BCUT2D eigenvalue weighted by Crippen LogP contribution is 2.23. The Morgan fingerprint density at radius 1 is 1.29 bits per heavy atom. The predicted molar refractivity (Wildman–Crippen MR) is 121 cm³/mol. The first-order valence-corrected chi connectivity index (χ1v) is 10.9. The summed E-state index contributed by atoms with van der Waals surface area (Å²) < 4.78 is 5.55. The van der Waals surface area contributed by atoms with Gasteiger partial charge in [-0.1, -0.05) is 24.6 Å². The lowest BCUT2D eigenvalue weighted by atomic mass is 9.99. The van der Waals surface area contributed by atoms with Crippen molar-refractivity contribution in [3.05, 3.63) is 52.9 Å². The third-order valence-corrected chi connectivity index (χ3v) is 6.27. The van der Waals surface area contributed by atoms with Crippen molar-refractivity contribution in [3.8, 4) is 0 Å². The van der Waals surface area contributed by atoms with Gasteiger partial charge in [-0.25, -0.2) is 0 Å². The number of anilines is 1. The van der Waals surface area contributed by atoms with Gasteiger partial charge in [-0.15, -0.1) is 0 Å². The number of likely N-dealkylation sites (tertiary alicyclic amines) is 1. The molecule has 6 heteroatoms. The number of benzene rings is 1. The first-order chi connectivity index (χ1) is 13.5. The molecule has 1 fully saturated rings. The zero-order chi connectivity index (χ0) is 19.9. The lowest BCUT2D eigenvalue weighted by molar-refractivity contribution is 0.185. The van der Waals surface area contributed by atoms with Crippen LogP contribution < -0.4 is 5.32 Å². The molecule has 0 amide bonds. The molecule has 1 aliphatic heterocycles. The highest BCUT2D eigenvalue weighted by Gasteiger charge is 2.17. The van der Waals surface area contributed by atoms with E-state index in [0.717, 1.165) is 47.5 Å². The van der Waals surface area contributed by atoms with Gasteiger partial charge in [0.15, 0.2) is 5.11 Å². The van der Waals surface area contributed by atoms with Crippen molar-refractivity contribution >= 4 is 34.6 Å². The van der Waals surface area contributed by atoms with Crippen LogP contribution >= 0.6 is 23.8 Å². The fourth-order valence-electron chi connectivity index (χ4n) is 3.55. The molecule has 1 aromatic heterocycles. The van der Waals surface area contributed by atoms with E-state index in [9.17, 15) is 0 Å². The van der Waals surface area contributed by atoms with Crippen molar-refractivity contribution in [1.82, 2.24) is 9.80 Å². The Kier molecular flexibility index (Phi) is 7.77. The number of furan rings is 1. The van der Waals surface area contributed by atoms with Crippen molar-refractivity contribution < 1.29 is 4.42 Å². The van der Waals surface area contributed by atoms with Gasteiger partial charge in [0.2, 0.25) is 0 Å². The van der Waals surface area contributed by atoms with Crippen LogP contribution in [0, 0.1) is 12.8 Å². The number of hydrogen-bond acceptors (Lipinski definition) is 3. The van der Waals surface area contributed by atoms with Crippen molar-refractivity contribution in [2.24, 2.45) is 5.92 Å². The second-order valence-corrected chi connectivity index (χ2v) is 8.52. The molecule has 0 unspecified atom stereocenters. The SMILES string of the molecule is Cc1c(Cl)cccc1NC(=S)N(CCCN1CCC(C)CC1)Cc1ccco1. The first-order valence-electron chi connectivity index (χ1n) is 10.1. The maximum absolute atomic E-state index is 6.25. The van der Waals surface area contributed by atoms with Crippen LogP contribution in [0.2, 0.25) is 5.02 Å². The number of nitrogens with zero attached hydrogens (tertiary/aromatic N) is 2. The van der Waals surface area contributed by atoms with Gasteiger partial charge < -0.3 is 19.5 Å². The van der Waals surface area contributed by atoms with Gasteiger partial charge in [-0.05, 0) is 93.8 Å². The molecule has 2 heterocycles. The zero-order valence-electron chi connectivity index (χ0n) is 16.8. The van der Waals surface area contributed by atoms with Crippen molar-refractivity contribution in [3.63, 3.8) is 0 Å². The zero-order valence-corrected chi connectivity index (χ0v) is 18.4. The Bertz CT molecular complexity index is 757. The van der Waals surface area contributed by atoms with Gasteiger partial charge in [-0.3, -0.25) is 0 Å². The van der Waals surface area contributed by atoms with Crippen LogP contribution in [0.3, 0.4) is 0 Å². The molecule has 0 aliphatic carbocycles. The van der Waals surface area contributed by atoms with E-state index < -0.39 is 0 Å². The van der Waals surface area contributed by atoms with Gasteiger partial charge in [-0.2, -0.15) is 0 Å². The van der Waals surface area contributed by atoms with Crippen LogP contribution in [0.4, 0.5) is 5.69 Å². The summed E-state index contributed by atoms with van der Waals surface area (Å²) in [6.07, 6.45) is 5.40. The monoisotopic (exact) mass is 419 g/mol. The number of nitrogens with one attached hydrogen (secondary N) is 1. The van der Waals surface area contributed by atoms with Crippen LogP contribution in [0.25, 0.3) is 0 Å². The van der Waals surface area contributed by atoms with Crippen LogP contribution in [0.15, 0.2) is 41.0 Å². The molecule has 1 aliphatic rings. The minimum atomic E-state index is 0.662. The lowest BCUT2D eigenvalue weighted by Gasteiger charge is -2.31. The van der Waals surface area contributed by atoms with Crippen LogP contribution in [-0.4, -0.2) is 41.1 Å². The Labute approximate surface area is 178 Å². The Morgan fingerprint density at radius 2 is 2.07 bits per heavy atom. The number of thiocarbonyl (C=S) groups is 1. The molecular formula is C22H30ClN3OS. The van der Waals surface area contributed by atoms with E-state index in [1.54, 1.807) is 6.26 Å². The van der Waals surface area contributed by atoms with Gasteiger partial charge in [0, 0.05) is 17.3 Å². The largest absolute Gasteiger partial charge is 0.467 e. The molecule has 2 aromatic rings. The molecular weight excluding hydrogens is 390 g/mol. The summed E-state index contributed by atoms with van der Waals surface area (Å²) in [7, 11) is 0. The molecule has 3 rings (SSSR count). The number of halogens is 1. The summed E-state index contributed by atoms with van der Waals surface area (Å²) in [5.74, 6) is 1.78. The minimum absolute atomic E-state index is 0.662. The lowest BCUT2D eigenvalue weighted by Crippen LogP contribution is -2.38. The Balaban J connectivity index is 1.59. The summed E-state index contributed by atoms with van der Waals surface area (Å²) >= 11 is 12.0. The number of hydrogen-bond donors (Lipinski definition) is 1. The second kappa shape index (κ2) is 10.3. The molecule has 0 radical (unpaired) electrons. The summed E-state index contributed by atoms with van der Waals surface area (Å²) in [5, 5.41) is 4.82. The van der Waals surface area contributed by atoms with Crippen molar-refractivity contribution in [1.29, 1.82) is 0 Å². The summed E-state index contributed by atoms with van der Waals surface area (Å²) in [6.45, 7) is 9.44. The quantitative estimate of drug-likeness (QED) is 0.593. The molecule has 0 atom stereocenters. The third kappa shape index (κ3) is 5.97. The molecule has 152 valence electrons. The first kappa shape index (κ1) is 21.2. The topological polar surface area (TPSA) is 31.6 Å². The van der Waals surface area contributed by atoms with E-state index in [2.05, 4.69) is 22.0 Å². The standard InChI is InChI=1S/C22H30ClN3OS/c1-17-9-13-25(14-10-17)11-5-12-26(16-19-6-4-15-27-19)22(28)24-21-8-3-7-20(23)18(21)2/h3-4,6-8,15,17H,5,9-14,16H2,1-2H3,(H,24,28). The van der Waals surface area contributed by atoms with E-state index in [1.807, 2.05) is 37.3 Å². The maximum atomic E-state index is 6.25. The minimum Gasteiger partial charge on any atom is -0.467 e. The van der Waals surface area contributed by atoms with Crippen LogP contribution in [-0.2, 0) is 6.54 Å². The van der Waals surface area contributed by atoms with Crippen LogP contribution in [0.5, 0.6) is 0 Å². The molecule has 0 bridgehead atoms. The predicted octanol–water partition coefficient (Wildman–Crippen LogP) is 5.56. The molecule has 4 nitrogen and oxygen atoms in total.